The smallest absolute Gasteiger partial charge is 0.251 e. The maximum absolute atomic E-state index is 12.3. The van der Waals surface area contributed by atoms with Gasteiger partial charge in [-0.25, -0.2) is 0 Å². The van der Waals surface area contributed by atoms with Crippen LogP contribution in [0.15, 0.2) is 42.5 Å². The first-order valence-electron chi connectivity index (χ1n) is 7.54. The Bertz CT molecular complexity index is 662. The molecule has 1 N–H and O–H groups in total. The lowest BCUT2D eigenvalue weighted by molar-refractivity contribution is 0.0950. The van der Waals surface area contributed by atoms with E-state index in [0.717, 1.165) is 17.7 Å². The van der Waals surface area contributed by atoms with Crippen molar-refractivity contribution in [2.24, 2.45) is 0 Å². The molecule has 0 aliphatic heterocycles. The summed E-state index contributed by atoms with van der Waals surface area (Å²) in [6.45, 7) is 5.50. The molecule has 2 aromatic carbocycles. The fraction of sp³-hybridized carbons (Fsp3) is 0.316. The van der Waals surface area contributed by atoms with Gasteiger partial charge in [0.1, 0.15) is 0 Å². The maximum atomic E-state index is 12.3. The minimum absolute atomic E-state index is 0.0252. The molecule has 0 aliphatic carbocycles. The molecule has 22 heavy (non-hydrogen) atoms. The third-order valence-electron chi connectivity index (χ3n) is 3.81. The van der Waals surface area contributed by atoms with Gasteiger partial charge in [-0.05, 0) is 62.3 Å². The number of hydrogen-bond acceptors (Lipinski definition) is 2. The van der Waals surface area contributed by atoms with E-state index in [2.05, 4.69) is 29.3 Å². The van der Waals surface area contributed by atoms with E-state index in [1.807, 2.05) is 51.4 Å². The van der Waals surface area contributed by atoms with Crippen LogP contribution in [0, 0.1) is 13.8 Å². The molecule has 0 aliphatic rings. The van der Waals surface area contributed by atoms with Crippen molar-refractivity contribution < 1.29 is 4.79 Å². The average molecular weight is 296 g/mol. The van der Waals surface area contributed by atoms with Crippen molar-refractivity contribution in [2.75, 3.05) is 14.1 Å². The van der Waals surface area contributed by atoms with Gasteiger partial charge in [-0.1, -0.05) is 30.3 Å². The first kappa shape index (κ1) is 16.2. The minimum atomic E-state index is -0.0252. The molecule has 0 radical (unpaired) electrons. The Morgan fingerprint density at radius 1 is 1.00 bits per heavy atom. The van der Waals surface area contributed by atoms with Gasteiger partial charge in [-0.15, -0.1) is 0 Å². The Balaban J connectivity index is 2.06. The molecule has 0 bridgehead atoms. The molecule has 0 saturated heterocycles. The topological polar surface area (TPSA) is 32.3 Å². The summed E-state index contributed by atoms with van der Waals surface area (Å²) in [5, 5.41) is 3.02. The molecule has 0 fully saturated rings. The van der Waals surface area contributed by atoms with Gasteiger partial charge in [0.15, 0.2) is 0 Å². The quantitative estimate of drug-likeness (QED) is 0.918. The second-order valence-electron chi connectivity index (χ2n) is 5.99. The van der Waals surface area contributed by atoms with Gasteiger partial charge in [0.25, 0.3) is 5.91 Å². The molecule has 0 spiro atoms. The molecule has 0 aromatic heterocycles. The van der Waals surface area contributed by atoms with Crippen molar-refractivity contribution in [3.63, 3.8) is 0 Å². The summed E-state index contributed by atoms with van der Waals surface area (Å²) in [5.74, 6) is -0.0252. The summed E-state index contributed by atoms with van der Waals surface area (Å²) in [6, 6.07) is 14.0. The normalized spacial score (nSPS) is 10.8. The van der Waals surface area contributed by atoms with Crippen LogP contribution in [0.3, 0.4) is 0 Å². The van der Waals surface area contributed by atoms with E-state index in [0.29, 0.717) is 12.1 Å². The summed E-state index contributed by atoms with van der Waals surface area (Å²) in [4.78, 5) is 14.4. The largest absolute Gasteiger partial charge is 0.348 e. The minimum Gasteiger partial charge on any atom is -0.348 e. The molecule has 3 nitrogen and oxygen atoms in total. The van der Waals surface area contributed by atoms with Crippen molar-refractivity contribution in [2.45, 2.75) is 26.9 Å². The summed E-state index contributed by atoms with van der Waals surface area (Å²) in [7, 11) is 4.09. The zero-order chi connectivity index (χ0) is 16.1. The monoisotopic (exact) mass is 296 g/mol. The van der Waals surface area contributed by atoms with Crippen LogP contribution < -0.4 is 5.32 Å². The fourth-order valence-corrected chi connectivity index (χ4v) is 2.39. The van der Waals surface area contributed by atoms with Crippen molar-refractivity contribution in [3.8, 4) is 0 Å². The average Bonchev–Trinajstić information content (AvgIpc) is 2.48. The molecular formula is C19H24N2O. The van der Waals surface area contributed by atoms with Crippen molar-refractivity contribution in [3.05, 3.63) is 70.3 Å². The van der Waals surface area contributed by atoms with Crippen LogP contribution in [0.5, 0.6) is 0 Å². The van der Waals surface area contributed by atoms with E-state index in [-0.39, 0.29) is 5.91 Å². The summed E-state index contributed by atoms with van der Waals surface area (Å²) < 4.78 is 0. The predicted octanol–water partition coefficient (Wildman–Crippen LogP) is 3.30. The van der Waals surface area contributed by atoms with Crippen molar-refractivity contribution >= 4 is 5.91 Å². The maximum Gasteiger partial charge on any atom is 0.251 e. The lowest BCUT2D eigenvalue weighted by Gasteiger charge is -2.15. The van der Waals surface area contributed by atoms with Crippen LogP contribution in [0.2, 0.25) is 0 Å². The van der Waals surface area contributed by atoms with Crippen LogP contribution in [0.1, 0.15) is 32.6 Å². The number of benzene rings is 2. The standard InChI is InChI=1S/C19H24N2O/c1-14-9-10-16(11-15(14)2)19(22)20-12-17-7-5-6-8-18(17)13-21(3)4/h5-11H,12-13H2,1-4H3,(H,20,22). The van der Waals surface area contributed by atoms with Crippen LogP contribution in [0.25, 0.3) is 0 Å². The number of aryl methyl sites for hydroxylation is 2. The molecule has 116 valence electrons. The highest BCUT2D eigenvalue weighted by atomic mass is 16.1. The van der Waals surface area contributed by atoms with E-state index in [4.69, 9.17) is 0 Å². The lowest BCUT2D eigenvalue weighted by atomic mass is 10.0. The Morgan fingerprint density at radius 2 is 1.68 bits per heavy atom. The van der Waals surface area contributed by atoms with Gasteiger partial charge >= 0.3 is 0 Å². The van der Waals surface area contributed by atoms with Gasteiger partial charge in [0, 0.05) is 18.7 Å². The Kier molecular flexibility index (Phi) is 5.34. The Morgan fingerprint density at radius 3 is 2.32 bits per heavy atom. The highest BCUT2D eigenvalue weighted by Gasteiger charge is 2.08. The van der Waals surface area contributed by atoms with Gasteiger partial charge in [0.05, 0.1) is 0 Å². The van der Waals surface area contributed by atoms with Crippen LogP contribution >= 0.6 is 0 Å². The first-order chi connectivity index (χ1) is 10.5. The van der Waals surface area contributed by atoms with Crippen molar-refractivity contribution in [1.82, 2.24) is 10.2 Å². The van der Waals surface area contributed by atoms with Crippen LogP contribution in [-0.2, 0) is 13.1 Å². The van der Waals surface area contributed by atoms with Gasteiger partial charge in [-0.3, -0.25) is 4.79 Å². The molecule has 2 aromatic rings. The van der Waals surface area contributed by atoms with Crippen LogP contribution in [0.4, 0.5) is 0 Å². The molecule has 0 atom stereocenters. The number of nitrogens with one attached hydrogen (secondary N) is 1. The Hall–Kier alpha value is -2.13. The Labute approximate surface area is 133 Å². The fourth-order valence-electron chi connectivity index (χ4n) is 2.39. The third kappa shape index (κ3) is 4.18. The second kappa shape index (κ2) is 7.23. The van der Waals surface area contributed by atoms with Crippen LogP contribution in [-0.4, -0.2) is 24.9 Å². The number of hydrogen-bond donors (Lipinski definition) is 1. The highest BCUT2D eigenvalue weighted by molar-refractivity contribution is 5.94. The van der Waals surface area contributed by atoms with Gasteiger partial charge in [0.2, 0.25) is 0 Å². The molecule has 1 amide bonds. The van der Waals surface area contributed by atoms with Crippen molar-refractivity contribution in [1.29, 1.82) is 0 Å². The van der Waals surface area contributed by atoms with E-state index >= 15 is 0 Å². The molecular weight excluding hydrogens is 272 g/mol. The zero-order valence-corrected chi connectivity index (χ0v) is 13.8. The van der Waals surface area contributed by atoms with Gasteiger partial charge in [-0.2, -0.15) is 0 Å². The summed E-state index contributed by atoms with van der Waals surface area (Å²) in [6.07, 6.45) is 0. The summed E-state index contributed by atoms with van der Waals surface area (Å²) in [5.41, 5.74) is 5.46. The number of amides is 1. The molecule has 2 rings (SSSR count). The van der Waals surface area contributed by atoms with E-state index in [9.17, 15) is 4.79 Å². The number of rotatable bonds is 5. The third-order valence-corrected chi connectivity index (χ3v) is 3.81. The lowest BCUT2D eigenvalue weighted by Crippen LogP contribution is -2.24. The van der Waals surface area contributed by atoms with E-state index in [1.165, 1.54) is 11.1 Å². The summed E-state index contributed by atoms with van der Waals surface area (Å²) >= 11 is 0. The number of carbonyl (C=O) groups is 1. The second-order valence-corrected chi connectivity index (χ2v) is 5.99. The molecule has 3 heteroatoms. The predicted molar refractivity (Wildman–Crippen MR) is 90.9 cm³/mol. The van der Waals surface area contributed by atoms with E-state index < -0.39 is 0 Å². The molecule has 0 unspecified atom stereocenters. The highest BCUT2D eigenvalue weighted by Crippen LogP contribution is 2.12. The number of carbonyl (C=O) groups excluding carboxylic acids is 1. The van der Waals surface area contributed by atoms with Gasteiger partial charge < -0.3 is 10.2 Å². The zero-order valence-electron chi connectivity index (χ0n) is 13.8. The first-order valence-corrected chi connectivity index (χ1v) is 7.54. The SMILES string of the molecule is Cc1ccc(C(=O)NCc2ccccc2CN(C)C)cc1C. The van der Waals surface area contributed by atoms with E-state index in [1.54, 1.807) is 0 Å². The number of nitrogens with zero attached hydrogens (tertiary/aromatic N) is 1. The molecule has 0 heterocycles. The molecule has 0 saturated carbocycles.